The number of benzene rings is 1. The minimum absolute atomic E-state index is 0.0659. The normalized spacial score (nSPS) is 21.6. The summed E-state index contributed by atoms with van der Waals surface area (Å²) in [5.41, 5.74) is 6.55. The van der Waals surface area contributed by atoms with E-state index >= 15 is 0 Å². The Kier molecular flexibility index (Phi) is 5.15. The smallest absolute Gasteiger partial charge is 0.243 e. The van der Waals surface area contributed by atoms with Crippen molar-refractivity contribution in [3.63, 3.8) is 0 Å². The lowest BCUT2D eigenvalue weighted by Crippen LogP contribution is -2.35. The van der Waals surface area contributed by atoms with E-state index in [1.54, 1.807) is 12.1 Å². The molecule has 0 radical (unpaired) electrons. The lowest BCUT2D eigenvalue weighted by Gasteiger charge is -2.21. The van der Waals surface area contributed by atoms with Crippen LogP contribution in [-0.2, 0) is 21.2 Å². The Morgan fingerprint density at radius 1 is 1.35 bits per heavy atom. The van der Waals surface area contributed by atoms with Crippen LogP contribution in [0.4, 0.5) is 0 Å². The van der Waals surface area contributed by atoms with Crippen molar-refractivity contribution in [2.75, 3.05) is 26.2 Å². The van der Waals surface area contributed by atoms with E-state index in [4.69, 9.17) is 10.5 Å². The molecule has 2 rings (SSSR count). The van der Waals surface area contributed by atoms with Gasteiger partial charge < -0.3 is 10.5 Å². The molecule has 2 N–H and O–H groups in total. The van der Waals surface area contributed by atoms with Crippen molar-refractivity contribution in [3.8, 4) is 0 Å². The second kappa shape index (κ2) is 6.67. The number of rotatable bonds is 4. The first-order valence-corrected chi connectivity index (χ1v) is 8.39. The minimum Gasteiger partial charge on any atom is -0.377 e. The molecule has 0 aromatic heterocycles. The highest BCUT2D eigenvalue weighted by atomic mass is 32.2. The molecule has 1 atom stereocenters. The van der Waals surface area contributed by atoms with Gasteiger partial charge in [0, 0.05) is 19.7 Å². The Balaban J connectivity index is 2.20. The zero-order valence-corrected chi connectivity index (χ0v) is 12.6. The van der Waals surface area contributed by atoms with Crippen molar-refractivity contribution in [1.29, 1.82) is 0 Å². The molecule has 1 aromatic carbocycles. The van der Waals surface area contributed by atoms with E-state index in [0.717, 1.165) is 18.4 Å². The Hall–Kier alpha value is -0.950. The van der Waals surface area contributed by atoms with Gasteiger partial charge in [-0.15, -0.1) is 0 Å². The van der Waals surface area contributed by atoms with Gasteiger partial charge in [0.25, 0.3) is 0 Å². The molecule has 1 aromatic rings. The van der Waals surface area contributed by atoms with Crippen molar-refractivity contribution < 1.29 is 13.2 Å². The second-order valence-corrected chi connectivity index (χ2v) is 7.02. The first-order valence-electron chi connectivity index (χ1n) is 6.95. The standard InChI is InChI=1S/C14H22N2O3S/c1-12-11-16(9-2-10-19-12)20(17,18)14-5-3-13(4-6-14)7-8-15/h3-6,12H,2,7-11,15H2,1H3. The average Bonchev–Trinajstić information content (AvgIpc) is 2.65. The number of ether oxygens (including phenoxy) is 1. The summed E-state index contributed by atoms with van der Waals surface area (Å²) in [6, 6.07) is 6.99. The van der Waals surface area contributed by atoms with E-state index < -0.39 is 10.0 Å². The molecule has 1 saturated heterocycles. The lowest BCUT2D eigenvalue weighted by atomic mass is 10.2. The van der Waals surface area contributed by atoms with Gasteiger partial charge in [0.05, 0.1) is 11.0 Å². The van der Waals surface area contributed by atoms with Gasteiger partial charge in [0.15, 0.2) is 0 Å². The fraction of sp³-hybridized carbons (Fsp3) is 0.571. The highest BCUT2D eigenvalue weighted by molar-refractivity contribution is 7.89. The van der Waals surface area contributed by atoms with Crippen molar-refractivity contribution in [1.82, 2.24) is 4.31 Å². The summed E-state index contributed by atoms with van der Waals surface area (Å²) in [5.74, 6) is 0. The predicted molar refractivity (Wildman–Crippen MR) is 78.0 cm³/mol. The van der Waals surface area contributed by atoms with Gasteiger partial charge in [0.1, 0.15) is 0 Å². The Morgan fingerprint density at radius 2 is 2.05 bits per heavy atom. The van der Waals surface area contributed by atoms with E-state index in [1.807, 2.05) is 19.1 Å². The van der Waals surface area contributed by atoms with Gasteiger partial charge in [-0.1, -0.05) is 12.1 Å². The molecule has 6 heteroatoms. The van der Waals surface area contributed by atoms with Crippen LogP contribution < -0.4 is 5.73 Å². The molecule has 5 nitrogen and oxygen atoms in total. The van der Waals surface area contributed by atoms with Crippen molar-refractivity contribution in [3.05, 3.63) is 29.8 Å². The van der Waals surface area contributed by atoms with Crippen LogP contribution in [0, 0.1) is 0 Å². The van der Waals surface area contributed by atoms with Crippen molar-refractivity contribution in [2.24, 2.45) is 5.73 Å². The van der Waals surface area contributed by atoms with Gasteiger partial charge in [-0.3, -0.25) is 0 Å². The summed E-state index contributed by atoms with van der Waals surface area (Å²) in [7, 11) is -3.43. The van der Waals surface area contributed by atoms with Gasteiger partial charge in [0.2, 0.25) is 10.0 Å². The molecule has 1 aliphatic heterocycles. The molecular formula is C14H22N2O3S. The van der Waals surface area contributed by atoms with Crippen LogP contribution in [0.3, 0.4) is 0 Å². The van der Waals surface area contributed by atoms with Crippen LogP contribution in [0.15, 0.2) is 29.2 Å². The molecule has 0 saturated carbocycles. The second-order valence-electron chi connectivity index (χ2n) is 5.08. The average molecular weight is 298 g/mol. The monoisotopic (exact) mass is 298 g/mol. The fourth-order valence-electron chi connectivity index (χ4n) is 2.32. The van der Waals surface area contributed by atoms with Crippen LogP contribution in [-0.4, -0.2) is 45.1 Å². The van der Waals surface area contributed by atoms with E-state index in [1.165, 1.54) is 4.31 Å². The summed E-state index contributed by atoms with van der Waals surface area (Å²) in [6.45, 7) is 4.00. The van der Waals surface area contributed by atoms with Crippen molar-refractivity contribution >= 4 is 10.0 Å². The Bertz CT molecular complexity index is 528. The van der Waals surface area contributed by atoms with Gasteiger partial charge in [-0.25, -0.2) is 8.42 Å². The molecule has 20 heavy (non-hydrogen) atoms. The molecule has 0 spiro atoms. The SMILES string of the molecule is CC1CN(S(=O)(=O)c2ccc(CCN)cc2)CCCO1. The molecule has 112 valence electrons. The highest BCUT2D eigenvalue weighted by Gasteiger charge is 2.27. The van der Waals surface area contributed by atoms with Gasteiger partial charge in [-0.2, -0.15) is 4.31 Å². The zero-order valence-electron chi connectivity index (χ0n) is 11.8. The number of sulfonamides is 1. The molecule has 1 unspecified atom stereocenters. The van der Waals surface area contributed by atoms with Crippen LogP contribution in [0.5, 0.6) is 0 Å². The molecule has 0 bridgehead atoms. The minimum atomic E-state index is -3.43. The quantitative estimate of drug-likeness (QED) is 0.899. The van der Waals surface area contributed by atoms with E-state index in [0.29, 0.717) is 31.1 Å². The van der Waals surface area contributed by atoms with Crippen LogP contribution in [0.2, 0.25) is 0 Å². The maximum Gasteiger partial charge on any atom is 0.243 e. The summed E-state index contributed by atoms with van der Waals surface area (Å²) in [5, 5.41) is 0. The number of hydrogen-bond donors (Lipinski definition) is 1. The largest absolute Gasteiger partial charge is 0.377 e. The molecular weight excluding hydrogens is 276 g/mol. The number of nitrogens with zero attached hydrogens (tertiary/aromatic N) is 1. The van der Waals surface area contributed by atoms with Crippen LogP contribution >= 0.6 is 0 Å². The summed E-state index contributed by atoms with van der Waals surface area (Å²) in [4.78, 5) is 0.340. The van der Waals surface area contributed by atoms with Gasteiger partial charge in [-0.05, 0) is 44.0 Å². The highest BCUT2D eigenvalue weighted by Crippen LogP contribution is 2.19. The molecule has 1 heterocycles. The topological polar surface area (TPSA) is 72.6 Å². The van der Waals surface area contributed by atoms with E-state index in [-0.39, 0.29) is 6.10 Å². The predicted octanol–water partition coefficient (Wildman–Crippen LogP) is 0.987. The van der Waals surface area contributed by atoms with Crippen LogP contribution in [0.25, 0.3) is 0 Å². The first-order chi connectivity index (χ1) is 9.54. The third-order valence-electron chi connectivity index (χ3n) is 3.41. The summed E-state index contributed by atoms with van der Waals surface area (Å²) < 4.78 is 32.2. The maximum absolute atomic E-state index is 12.6. The lowest BCUT2D eigenvalue weighted by molar-refractivity contribution is 0.0752. The van der Waals surface area contributed by atoms with Gasteiger partial charge >= 0.3 is 0 Å². The number of hydrogen-bond acceptors (Lipinski definition) is 4. The fourth-order valence-corrected chi connectivity index (χ4v) is 3.87. The zero-order chi connectivity index (χ0) is 14.6. The molecule has 1 fully saturated rings. The molecule has 0 amide bonds. The molecule has 0 aliphatic carbocycles. The maximum atomic E-state index is 12.6. The summed E-state index contributed by atoms with van der Waals surface area (Å²) in [6.07, 6.45) is 1.42. The Labute approximate surface area is 120 Å². The summed E-state index contributed by atoms with van der Waals surface area (Å²) >= 11 is 0. The third-order valence-corrected chi connectivity index (χ3v) is 5.29. The number of nitrogens with two attached hydrogens (primary N) is 1. The Morgan fingerprint density at radius 3 is 2.70 bits per heavy atom. The first kappa shape index (κ1) is 15.4. The van der Waals surface area contributed by atoms with Crippen LogP contribution in [0.1, 0.15) is 18.9 Å². The molecule has 1 aliphatic rings. The third kappa shape index (κ3) is 3.58. The van der Waals surface area contributed by atoms with E-state index in [2.05, 4.69) is 0 Å². The van der Waals surface area contributed by atoms with Crippen molar-refractivity contribution in [2.45, 2.75) is 30.8 Å². The van der Waals surface area contributed by atoms with E-state index in [9.17, 15) is 8.42 Å².